The lowest BCUT2D eigenvalue weighted by molar-refractivity contribution is -0.150. The van der Waals surface area contributed by atoms with Crippen molar-refractivity contribution in [2.24, 2.45) is 5.73 Å². The summed E-state index contributed by atoms with van der Waals surface area (Å²) in [7, 11) is 1.97. The average Bonchev–Trinajstić information content (AvgIpc) is 2.68. The van der Waals surface area contributed by atoms with Crippen LogP contribution in [-0.2, 0) is 35.4 Å². The van der Waals surface area contributed by atoms with E-state index in [2.05, 4.69) is 24.3 Å². The van der Waals surface area contributed by atoms with Crippen LogP contribution in [0.15, 0.2) is 48.6 Å². The highest BCUT2D eigenvalue weighted by Gasteiger charge is 2.30. The summed E-state index contributed by atoms with van der Waals surface area (Å²) in [6, 6.07) is 12.1. The molecule has 148 valence electrons. The Kier molecular flexibility index (Phi) is 6.42. The van der Waals surface area contributed by atoms with Crippen LogP contribution in [0.4, 0.5) is 5.82 Å². The van der Waals surface area contributed by atoms with Gasteiger partial charge in [0.25, 0.3) is 0 Å². The average molecular weight is 398 g/mol. The number of hydrogen-bond donors (Lipinski definition) is 1. The quantitative estimate of drug-likeness (QED) is 0.476. The third kappa shape index (κ3) is 5.14. The molecule has 28 heavy (non-hydrogen) atoms. The van der Waals surface area contributed by atoms with Crippen molar-refractivity contribution in [2.75, 3.05) is 17.6 Å². The molecule has 0 aliphatic carbocycles. The number of allylic oxidation sites excluding steroid dienone is 2. The van der Waals surface area contributed by atoms with Crippen molar-refractivity contribution in [3.05, 3.63) is 70.9 Å². The van der Waals surface area contributed by atoms with Gasteiger partial charge in [0.2, 0.25) is 0 Å². The van der Waals surface area contributed by atoms with Crippen LogP contribution < -0.4 is 10.0 Å². The number of nitrogens with zero attached hydrogens (tertiary/aromatic N) is 2. The predicted octanol–water partition coefficient (Wildman–Crippen LogP) is 3.45. The van der Waals surface area contributed by atoms with Crippen LogP contribution in [0.1, 0.15) is 29.3 Å². The van der Waals surface area contributed by atoms with Gasteiger partial charge in [-0.1, -0.05) is 48.4 Å². The zero-order chi connectivity index (χ0) is 20.1. The topological polar surface area (TPSA) is 68.5 Å². The first-order valence-corrected chi connectivity index (χ1v) is 10.5. The van der Waals surface area contributed by atoms with Crippen LogP contribution in [0, 0.1) is 0 Å². The largest absolute Gasteiger partial charge is 0.459 e. The van der Waals surface area contributed by atoms with Crippen molar-refractivity contribution in [1.82, 2.24) is 4.98 Å². The predicted molar refractivity (Wildman–Crippen MR) is 115 cm³/mol. The van der Waals surface area contributed by atoms with Crippen molar-refractivity contribution in [2.45, 2.75) is 38.3 Å². The summed E-state index contributed by atoms with van der Waals surface area (Å²) in [4.78, 5) is 17.4. The fraction of sp³-hybridized carbons (Fsp3) is 0.364. The zero-order valence-electron chi connectivity index (χ0n) is 16.6. The second kappa shape index (κ2) is 8.80. The summed E-state index contributed by atoms with van der Waals surface area (Å²) >= 11 is 1.58. The number of rotatable bonds is 2. The van der Waals surface area contributed by atoms with Crippen molar-refractivity contribution in [3.63, 3.8) is 0 Å². The maximum absolute atomic E-state index is 12.6. The van der Waals surface area contributed by atoms with Gasteiger partial charge in [-0.05, 0) is 42.2 Å². The first kappa shape index (κ1) is 20.4. The number of benzene rings is 1. The SMILES string of the molecule is CSN(C)c1cc2cc(n1)C/C=C/Cc1cccc(c1)CC(C)(N)C(=O)OC2. The van der Waals surface area contributed by atoms with E-state index in [-0.39, 0.29) is 6.61 Å². The molecule has 0 fully saturated rings. The highest BCUT2D eigenvalue weighted by atomic mass is 32.2. The second-order valence-corrected chi connectivity index (χ2v) is 8.29. The van der Waals surface area contributed by atoms with E-state index in [1.54, 1.807) is 18.9 Å². The van der Waals surface area contributed by atoms with Crippen LogP contribution in [0.25, 0.3) is 0 Å². The molecule has 2 aromatic rings. The second-order valence-electron chi connectivity index (χ2n) is 7.37. The Labute approximate surface area is 171 Å². The summed E-state index contributed by atoms with van der Waals surface area (Å²) in [6.07, 6.45) is 8.29. The summed E-state index contributed by atoms with van der Waals surface area (Å²) < 4.78 is 7.57. The monoisotopic (exact) mass is 397 g/mol. The van der Waals surface area contributed by atoms with E-state index in [9.17, 15) is 4.79 Å². The van der Waals surface area contributed by atoms with E-state index in [4.69, 9.17) is 15.5 Å². The molecule has 0 saturated carbocycles. The Hall–Kier alpha value is -2.31. The molecular weight excluding hydrogens is 370 g/mol. The van der Waals surface area contributed by atoms with Crippen molar-refractivity contribution < 1.29 is 9.53 Å². The number of cyclic esters (lactones) is 1. The molecule has 0 saturated heterocycles. The van der Waals surface area contributed by atoms with Gasteiger partial charge < -0.3 is 14.8 Å². The number of aromatic nitrogens is 1. The first-order chi connectivity index (χ1) is 13.4. The van der Waals surface area contributed by atoms with E-state index >= 15 is 0 Å². The molecule has 1 aromatic heterocycles. The molecule has 0 radical (unpaired) electrons. The molecule has 2 heterocycles. The minimum absolute atomic E-state index is 0.181. The summed E-state index contributed by atoms with van der Waals surface area (Å²) in [6.45, 7) is 1.91. The normalized spacial score (nSPS) is 21.2. The van der Waals surface area contributed by atoms with E-state index in [1.807, 2.05) is 41.9 Å². The van der Waals surface area contributed by atoms with Crippen LogP contribution in [0.2, 0.25) is 0 Å². The van der Waals surface area contributed by atoms with Gasteiger partial charge in [-0.2, -0.15) is 0 Å². The fourth-order valence-electron chi connectivity index (χ4n) is 3.18. The smallest absolute Gasteiger partial charge is 0.326 e. The number of nitrogens with two attached hydrogens (primary N) is 1. The van der Waals surface area contributed by atoms with Gasteiger partial charge in [-0.3, -0.25) is 4.79 Å². The van der Waals surface area contributed by atoms with Crippen molar-refractivity contribution in [1.29, 1.82) is 0 Å². The van der Waals surface area contributed by atoms with Gasteiger partial charge in [0.1, 0.15) is 18.0 Å². The molecule has 1 atom stereocenters. The third-order valence-corrected chi connectivity index (χ3v) is 5.50. The van der Waals surface area contributed by atoms with Crippen molar-refractivity contribution in [3.8, 4) is 0 Å². The maximum atomic E-state index is 12.6. The molecular formula is C22H27N3O2S. The standard InChI is InChI=1S/C22H27N3O2S/c1-22(23)14-17-9-6-8-16(11-17)7-4-5-10-19-12-18(15-27-21(22)26)13-20(24-19)25(2)28-3/h4-6,8-9,11-13H,7,10,14-15,23H2,1-3H3/b5-4+. The number of anilines is 1. The van der Waals surface area contributed by atoms with Gasteiger partial charge in [0.15, 0.2) is 0 Å². The summed E-state index contributed by atoms with van der Waals surface area (Å²) in [5.74, 6) is 0.444. The zero-order valence-corrected chi connectivity index (χ0v) is 17.5. The molecule has 1 unspecified atom stereocenters. The molecule has 0 amide bonds. The van der Waals surface area contributed by atoms with E-state index in [1.165, 1.54) is 5.56 Å². The minimum Gasteiger partial charge on any atom is -0.459 e. The van der Waals surface area contributed by atoms with Crippen LogP contribution in [-0.4, -0.2) is 29.8 Å². The van der Waals surface area contributed by atoms with E-state index < -0.39 is 11.5 Å². The lowest BCUT2D eigenvalue weighted by atomic mass is 9.93. The van der Waals surface area contributed by atoms with Crippen LogP contribution in [0.5, 0.6) is 0 Å². The molecule has 1 aromatic carbocycles. The fourth-order valence-corrected chi connectivity index (χ4v) is 3.46. The molecule has 2 N–H and O–H groups in total. The Morgan fingerprint density at radius 3 is 2.68 bits per heavy atom. The number of carbonyl (C=O) groups is 1. The molecule has 3 rings (SSSR count). The Morgan fingerprint density at radius 1 is 1.14 bits per heavy atom. The Bertz CT molecular complexity index is 880. The lowest BCUT2D eigenvalue weighted by Crippen LogP contribution is -2.48. The molecule has 0 spiro atoms. The molecule has 1 aliphatic heterocycles. The third-order valence-electron chi connectivity index (χ3n) is 4.77. The Balaban J connectivity index is 1.95. The number of hydrogen-bond acceptors (Lipinski definition) is 6. The number of esters is 1. The number of fused-ring (bicyclic) bond motifs is 4. The van der Waals surface area contributed by atoms with Crippen molar-refractivity contribution >= 4 is 23.7 Å². The molecule has 5 nitrogen and oxygen atoms in total. The highest BCUT2D eigenvalue weighted by Crippen LogP contribution is 2.21. The minimum atomic E-state index is -1.08. The molecule has 1 aliphatic rings. The molecule has 6 heteroatoms. The van der Waals surface area contributed by atoms with Gasteiger partial charge >= 0.3 is 5.97 Å². The maximum Gasteiger partial charge on any atom is 0.326 e. The van der Waals surface area contributed by atoms with Crippen LogP contribution in [0.3, 0.4) is 0 Å². The number of carbonyl (C=O) groups excluding carboxylic acids is 1. The summed E-state index contributed by atoms with van der Waals surface area (Å²) in [5.41, 5.74) is 9.31. The molecule has 4 bridgehead atoms. The number of pyridine rings is 1. The van der Waals surface area contributed by atoms with Gasteiger partial charge in [-0.15, -0.1) is 0 Å². The number of ether oxygens (including phenoxy) is 1. The lowest BCUT2D eigenvalue weighted by Gasteiger charge is -2.23. The van der Waals surface area contributed by atoms with Gasteiger partial charge in [0, 0.05) is 31.8 Å². The highest BCUT2D eigenvalue weighted by molar-refractivity contribution is 7.99. The van der Waals surface area contributed by atoms with Gasteiger partial charge in [0.05, 0.1) is 0 Å². The van der Waals surface area contributed by atoms with Gasteiger partial charge in [-0.25, -0.2) is 4.98 Å². The van der Waals surface area contributed by atoms with E-state index in [0.717, 1.165) is 35.5 Å². The Morgan fingerprint density at radius 2 is 1.89 bits per heavy atom. The van der Waals surface area contributed by atoms with E-state index in [0.29, 0.717) is 6.42 Å². The van der Waals surface area contributed by atoms with Crippen LogP contribution >= 0.6 is 11.9 Å². The summed E-state index contributed by atoms with van der Waals surface area (Å²) in [5, 5.41) is 0. The first-order valence-electron chi connectivity index (χ1n) is 9.34.